The number of carboxylic acid groups (broad SMARTS) is 1. The van der Waals surface area contributed by atoms with Crippen LogP contribution in [0.3, 0.4) is 0 Å². The third-order valence-corrected chi connectivity index (χ3v) is 4.90. The van der Waals surface area contributed by atoms with E-state index in [-0.39, 0.29) is 33.3 Å². The van der Waals surface area contributed by atoms with Crippen molar-refractivity contribution in [3.8, 4) is 0 Å². The molecule has 42 heavy (non-hydrogen) atoms. The quantitative estimate of drug-likeness (QED) is 0.175. The van der Waals surface area contributed by atoms with Gasteiger partial charge in [-0.2, -0.15) is 0 Å². The molecular weight excluding hydrogens is 524 g/mol. The van der Waals surface area contributed by atoms with Crippen LogP contribution in [0.4, 0.5) is 0 Å². The molecule has 0 aliphatic carbocycles. The Bertz CT molecular complexity index is 1160. The number of hydrogen-bond donors (Lipinski definition) is 1. The van der Waals surface area contributed by atoms with Gasteiger partial charge in [-0.1, -0.05) is 164 Å². The van der Waals surface area contributed by atoms with Gasteiger partial charge < -0.3 is 9.84 Å². The molecule has 4 rings (SSSR count). The molecule has 0 spiro atoms. The van der Waals surface area contributed by atoms with Crippen LogP contribution in [0.5, 0.6) is 0 Å². The molecule has 1 unspecified atom stereocenters. The molecule has 1 N–H and O–H groups in total. The Hall–Kier alpha value is -4.51. The molecule has 4 aromatic rings. The maximum Gasteiger partial charge on any atom is 0.310 e. The van der Waals surface area contributed by atoms with E-state index >= 15 is 0 Å². The fourth-order valence-electron chi connectivity index (χ4n) is 3.10. The molecule has 5 nitrogen and oxygen atoms in total. The predicted octanol–water partition coefficient (Wildman–Crippen LogP) is 9.67. The lowest BCUT2D eigenvalue weighted by atomic mass is 10.1. The highest BCUT2D eigenvalue weighted by Gasteiger charge is 2.11. The second-order valence-corrected chi connectivity index (χ2v) is 7.79. The first-order chi connectivity index (χ1) is 19.5. The number of aliphatic carboxylic acids is 1. The van der Waals surface area contributed by atoms with Crippen LogP contribution in [-0.2, 0) is 27.2 Å². The van der Waals surface area contributed by atoms with Gasteiger partial charge in [0.05, 0.1) is 12.8 Å². The second kappa shape index (κ2) is 28.0. The second-order valence-electron chi connectivity index (χ2n) is 7.79. The van der Waals surface area contributed by atoms with Crippen LogP contribution >= 0.6 is 0 Å². The fraction of sp³-hybridized carbons (Fsp3) is 0.270. The maximum absolute atomic E-state index is 11.8. The van der Waals surface area contributed by atoms with E-state index in [0.717, 1.165) is 28.5 Å². The number of carbonyl (C=O) groups excluding carboxylic acids is 2. The first kappa shape index (κ1) is 42.0. The Morgan fingerprint density at radius 2 is 1.00 bits per heavy atom. The number of hydrogen-bond acceptors (Lipinski definition) is 4. The SMILES string of the molecule is C.C.CC.CC.CC(OC(=O)Cc1ccccc1)c1ccccc1.O=C(O)Cc1ccccc1.O=Cc1ccccc1. The first-order valence-electron chi connectivity index (χ1n) is 13.5. The smallest absolute Gasteiger partial charge is 0.310 e. The molecule has 0 heterocycles. The molecule has 228 valence electrons. The van der Waals surface area contributed by atoms with Crippen LogP contribution in [-0.4, -0.2) is 23.3 Å². The predicted molar refractivity (Wildman–Crippen MR) is 177 cm³/mol. The van der Waals surface area contributed by atoms with Crippen molar-refractivity contribution in [3.05, 3.63) is 144 Å². The first-order valence-corrected chi connectivity index (χ1v) is 13.5. The lowest BCUT2D eigenvalue weighted by molar-refractivity contribution is -0.147. The Morgan fingerprint density at radius 1 is 0.643 bits per heavy atom. The van der Waals surface area contributed by atoms with E-state index in [4.69, 9.17) is 9.84 Å². The van der Waals surface area contributed by atoms with Crippen LogP contribution in [0.1, 0.15) is 82.6 Å². The summed E-state index contributed by atoms with van der Waals surface area (Å²) in [4.78, 5) is 31.9. The highest BCUT2D eigenvalue weighted by atomic mass is 16.5. The summed E-state index contributed by atoms with van der Waals surface area (Å²) >= 11 is 0. The van der Waals surface area contributed by atoms with Gasteiger partial charge in [-0.25, -0.2) is 0 Å². The zero-order valence-corrected chi connectivity index (χ0v) is 24.2. The van der Waals surface area contributed by atoms with Gasteiger partial charge in [-0.3, -0.25) is 14.4 Å². The molecule has 1 atom stereocenters. The molecular formula is C37H50O5. The van der Waals surface area contributed by atoms with Gasteiger partial charge in [0.1, 0.15) is 12.4 Å². The van der Waals surface area contributed by atoms with Gasteiger partial charge >= 0.3 is 11.9 Å². The van der Waals surface area contributed by atoms with Crippen molar-refractivity contribution in [3.63, 3.8) is 0 Å². The fourth-order valence-corrected chi connectivity index (χ4v) is 3.10. The van der Waals surface area contributed by atoms with Crippen molar-refractivity contribution in [2.75, 3.05) is 0 Å². The molecule has 0 aliphatic rings. The van der Waals surface area contributed by atoms with Crippen LogP contribution in [0.2, 0.25) is 0 Å². The van der Waals surface area contributed by atoms with Crippen molar-refractivity contribution in [1.82, 2.24) is 0 Å². The van der Waals surface area contributed by atoms with Crippen molar-refractivity contribution in [1.29, 1.82) is 0 Å². The normalized spacial score (nSPS) is 9.17. The number of benzene rings is 4. The van der Waals surface area contributed by atoms with E-state index in [1.165, 1.54) is 0 Å². The number of carboxylic acids is 1. The minimum atomic E-state index is -0.786. The van der Waals surface area contributed by atoms with Crippen LogP contribution in [0.15, 0.2) is 121 Å². The molecule has 0 saturated carbocycles. The van der Waals surface area contributed by atoms with Gasteiger partial charge in [0, 0.05) is 5.56 Å². The molecule has 0 aromatic heterocycles. The lowest BCUT2D eigenvalue weighted by Crippen LogP contribution is -2.11. The number of rotatable bonds is 7. The van der Waals surface area contributed by atoms with E-state index in [1.54, 1.807) is 24.3 Å². The van der Waals surface area contributed by atoms with E-state index < -0.39 is 5.97 Å². The highest BCUT2D eigenvalue weighted by molar-refractivity contribution is 5.74. The average molecular weight is 575 g/mol. The highest BCUT2D eigenvalue weighted by Crippen LogP contribution is 2.16. The summed E-state index contributed by atoms with van der Waals surface area (Å²) in [5.41, 5.74) is 3.56. The third-order valence-electron chi connectivity index (χ3n) is 4.90. The minimum Gasteiger partial charge on any atom is -0.481 e. The Labute approximate surface area is 254 Å². The number of aldehydes is 1. The Morgan fingerprint density at radius 3 is 1.36 bits per heavy atom. The topological polar surface area (TPSA) is 80.7 Å². The van der Waals surface area contributed by atoms with Crippen LogP contribution < -0.4 is 0 Å². The molecule has 0 bridgehead atoms. The van der Waals surface area contributed by atoms with E-state index in [2.05, 4.69) is 0 Å². The largest absolute Gasteiger partial charge is 0.481 e. The zero-order chi connectivity index (χ0) is 30.0. The molecule has 0 aliphatic heterocycles. The molecule has 4 aromatic carbocycles. The average Bonchev–Trinajstić information content (AvgIpc) is 3.01. The van der Waals surface area contributed by atoms with Gasteiger partial charge in [0.25, 0.3) is 0 Å². The summed E-state index contributed by atoms with van der Waals surface area (Å²) in [6, 6.07) is 37.6. The number of carbonyl (C=O) groups is 3. The van der Waals surface area contributed by atoms with E-state index in [1.807, 2.05) is 132 Å². The minimum absolute atomic E-state index is 0. The summed E-state index contributed by atoms with van der Waals surface area (Å²) in [5, 5.41) is 8.37. The summed E-state index contributed by atoms with van der Waals surface area (Å²) in [5.74, 6) is -0.983. The van der Waals surface area contributed by atoms with Crippen molar-refractivity contribution < 1.29 is 24.2 Å². The third kappa shape index (κ3) is 20.4. The van der Waals surface area contributed by atoms with Crippen LogP contribution in [0.25, 0.3) is 0 Å². The van der Waals surface area contributed by atoms with Gasteiger partial charge in [-0.15, -0.1) is 0 Å². The number of ether oxygens (including phenoxy) is 1. The van der Waals surface area contributed by atoms with Crippen molar-refractivity contribution in [2.24, 2.45) is 0 Å². The summed E-state index contributed by atoms with van der Waals surface area (Å²) in [6.07, 6.45) is 1.06. The molecule has 0 amide bonds. The standard InChI is InChI=1S/C16H16O2.C8H8O2.C7H6O.2C2H6.2CH4/c1-13(15-10-6-3-7-11-15)18-16(17)12-14-8-4-2-5-9-14;9-8(10)6-7-4-2-1-3-5-7;8-6-7-4-2-1-3-5-7;2*1-2;;/h2-11,13H,12H2,1H3;1-5H,6H2,(H,9,10);1-6H;2*1-2H3;2*1H4. The van der Waals surface area contributed by atoms with E-state index in [9.17, 15) is 14.4 Å². The summed E-state index contributed by atoms with van der Waals surface area (Å²) in [7, 11) is 0. The maximum atomic E-state index is 11.8. The Kier molecular flexibility index (Phi) is 28.0. The Balaban J connectivity index is -0.000000542. The summed E-state index contributed by atoms with van der Waals surface area (Å²) in [6.45, 7) is 9.89. The molecule has 0 saturated heterocycles. The van der Waals surface area contributed by atoms with Gasteiger partial charge in [0.15, 0.2) is 0 Å². The zero-order valence-electron chi connectivity index (χ0n) is 24.2. The van der Waals surface area contributed by atoms with Gasteiger partial charge in [-0.05, 0) is 23.6 Å². The molecule has 5 heteroatoms. The van der Waals surface area contributed by atoms with Crippen molar-refractivity contribution >= 4 is 18.2 Å². The summed E-state index contributed by atoms with van der Waals surface area (Å²) < 4.78 is 5.40. The number of esters is 1. The molecule has 0 fully saturated rings. The lowest BCUT2D eigenvalue weighted by Gasteiger charge is -2.13. The van der Waals surface area contributed by atoms with Gasteiger partial charge in [0.2, 0.25) is 0 Å². The van der Waals surface area contributed by atoms with Crippen molar-refractivity contribution in [2.45, 2.75) is 68.4 Å². The monoisotopic (exact) mass is 574 g/mol. The molecule has 0 radical (unpaired) electrons. The van der Waals surface area contributed by atoms with Crippen LogP contribution in [0, 0.1) is 0 Å². The van der Waals surface area contributed by atoms with E-state index in [0.29, 0.717) is 6.42 Å².